The minimum atomic E-state index is -0.613. The average Bonchev–Trinajstić information content (AvgIpc) is 2.98. The number of nitrogens with zero attached hydrogens (tertiary/aromatic N) is 1. The van der Waals surface area contributed by atoms with E-state index in [0.29, 0.717) is 11.4 Å². The van der Waals surface area contributed by atoms with Gasteiger partial charge in [-0.3, -0.25) is 9.69 Å². The second-order valence-corrected chi connectivity index (χ2v) is 8.58. The Balaban J connectivity index is 1.97. The van der Waals surface area contributed by atoms with Gasteiger partial charge in [-0.2, -0.15) is 0 Å². The number of esters is 1. The fourth-order valence-electron chi connectivity index (χ4n) is 4.01. The fraction of sp³-hybridized carbons (Fsp3) is 0.600. The molecule has 1 N–H and O–H groups in total. The van der Waals surface area contributed by atoms with Crippen molar-refractivity contribution in [3.8, 4) is 0 Å². The molecule has 6 nitrogen and oxygen atoms in total. The molecule has 2 aliphatic heterocycles. The molecule has 0 aliphatic carbocycles. The summed E-state index contributed by atoms with van der Waals surface area (Å²) in [5, 5.41) is 4.06. The molecular formula is C20H27ClN2O4. The predicted octanol–water partition coefficient (Wildman–Crippen LogP) is 3.55. The van der Waals surface area contributed by atoms with Gasteiger partial charge in [0.15, 0.2) is 0 Å². The van der Waals surface area contributed by atoms with Crippen LogP contribution < -0.4 is 10.2 Å². The molecule has 148 valence electrons. The number of piperidine rings is 1. The number of methoxy groups -OCH3 is 1. The number of ether oxygens (including phenoxy) is 2. The van der Waals surface area contributed by atoms with Gasteiger partial charge in [-0.05, 0) is 70.3 Å². The van der Waals surface area contributed by atoms with E-state index in [-0.39, 0.29) is 24.0 Å². The Hall–Kier alpha value is -1.79. The van der Waals surface area contributed by atoms with Crippen molar-refractivity contribution >= 4 is 29.4 Å². The number of hydrogen-bond donors (Lipinski definition) is 1. The maximum Gasteiger partial charge on any atom is 0.415 e. The standard InChI is InChI=1S/C20H27ClN2O4/c1-20(2,3)27-19(25)23-15-8-7-13(21)10-12(15)11-16(23)17-14(18(24)26-4)6-5-9-22-17/h7-8,10,14,16-17,22H,5-6,9,11H2,1-4H3. The van der Waals surface area contributed by atoms with Gasteiger partial charge in [0.1, 0.15) is 5.60 Å². The monoisotopic (exact) mass is 394 g/mol. The van der Waals surface area contributed by atoms with Gasteiger partial charge in [0.25, 0.3) is 0 Å². The first-order valence-corrected chi connectivity index (χ1v) is 9.71. The van der Waals surface area contributed by atoms with Crippen LogP contribution in [0.2, 0.25) is 5.02 Å². The molecular weight excluding hydrogens is 368 g/mol. The van der Waals surface area contributed by atoms with Gasteiger partial charge in [0.2, 0.25) is 0 Å². The predicted molar refractivity (Wildman–Crippen MR) is 104 cm³/mol. The van der Waals surface area contributed by atoms with E-state index in [1.165, 1.54) is 7.11 Å². The summed E-state index contributed by atoms with van der Waals surface area (Å²) in [6, 6.07) is 5.05. The largest absolute Gasteiger partial charge is 0.469 e. The van der Waals surface area contributed by atoms with E-state index < -0.39 is 11.7 Å². The second kappa shape index (κ2) is 7.68. The zero-order valence-electron chi connectivity index (χ0n) is 16.3. The third-order valence-corrected chi connectivity index (χ3v) is 5.31. The van der Waals surface area contributed by atoms with Gasteiger partial charge in [0, 0.05) is 11.1 Å². The van der Waals surface area contributed by atoms with Gasteiger partial charge in [0.05, 0.1) is 24.8 Å². The van der Waals surface area contributed by atoms with Crippen LogP contribution in [-0.2, 0) is 20.7 Å². The first-order chi connectivity index (χ1) is 12.7. The molecule has 1 aromatic rings. The lowest BCUT2D eigenvalue weighted by molar-refractivity contribution is -0.147. The van der Waals surface area contributed by atoms with Gasteiger partial charge < -0.3 is 14.8 Å². The maximum absolute atomic E-state index is 13.0. The lowest BCUT2D eigenvalue weighted by Gasteiger charge is -2.39. The number of anilines is 1. The second-order valence-electron chi connectivity index (χ2n) is 8.15. The van der Waals surface area contributed by atoms with E-state index in [4.69, 9.17) is 21.1 Å². The summed E-state index contributed by atoms with van der Waals surface area (Å²) in [5.74, 6) is -0.547. The van der Waals surface area contributed by atoms with Crippen LogP contribution in [0.25, 0.3) is 0 Å². The number of halogens is 1. The molecule has 0 saturated carbocycles. The van der Waals surface area contributed by atoms with Gasteiger partial charge in [-0.25, -0.2) is 4.79 Å². The summed E-state index contributed by atoms with van der Waals surface area (Å²) in [5.41, 5.74) is 1.16. The first-order valence-electron chi connectivity index (χ1n) is 9.33. The van der Waals surface area contributed by atoms with Gasteiger partial charge >= 0.3 is 12.1 Å². The lowest BCUT2D eigenvalue weighted by Crippen LogP contribution is -2.58. The molecule has 3 unspecified atom stereocenters. The van der Waals surface area contributed by atoms with Crippen LogP contribution in [0.15, 0.2) is 18.2 Å². The molecule has 3 rings (SSSR count). The Bertz CT molecular complexity index is 731. The molecule has 2 heterocycles. The van der Waals surface area contributed by atoms with Crippen LogP contribution in [0.3, 0.4) is 0 Å². The van der Waals surface area contributed by atoms with Gasteiger partial charge in [-0.1, -0.05) is 11.6 Å². The Morgan fingerprint density at radius 1 is 1.30 bits per heavy atom. The zero-order chi connectivity index (χ0) is 19.8. The summed E-state index contributed by atoms with van der Waals surface area (Å²) in [7, 11) is 1.41. The number of benzene rings is 1. The highest BCUT2D eigenvalue weighted by atomic mass is 35.5. The number of amides is 1. The van der Waals surface area contributed by atoms with E-state index in [2.05, 4.69) is 5.32 Å². The molecule has 0 spiro atoms. The molecule has 1 saturated heterocycles. The van der Waals surface area contributed by atoms with E-state index in [9.17, 15) is 9.59 Å². The molecule has 2 aliphatic rings. The van der Waals surface area contributed by atoms with E-state index in [1.807, 2.05) is 32.9 Å². The van der Waals surface area contributed by atoms with Crippen molar-refractivity contribution in [1.82, 2.24) is 5.32 Å². The van der Waals surface area contributed by atoms with E-state index >= 15 is 0 Å². The Labute approximate surface area is 165 Å². The van der Waals surface area contributed by atoms with Gasteiger partial charge in [-0.15, -0.1) is 0 Å². The summed E-state index contributed by atoms with van der Waals surface area (Å²) in [4.78, 5) is 27.1. The molecule has 27 heavy (non-hydrogen) atoms. The number of carbonyl (C=O) groups excluding carboxylic acids is 2. The van der Waals surface area contributed by atoms with E-state index in [1.54, 1.807) is 11.0 Å². The molecule has 1 aromatic carbocycles. The fourth-order valence-corrected chi connectivity index (χ4v) is 4.21. The Kier molecular flexibility index (Phi) is 5.68. The minimum absolute atomic E-state index is 0.204. The highest BCUT2D eigenvalue weighted by Crippen LogP contribution is 2.39. The van der Waals surface area contributed by atoms with Crippen molar-refractivity contribution in [3.63, 3.8) is 0 Å². The molecule has 0 radical (unpaired) electrons. The van der Waals surface area contributed by atoms with Crippen LogP contribution >= 0.6 is 11.6 Å². The normalized spacial score (nSPS) is 25.1. The van der Waals surface area contributed by atoms with Crippen LogP contribution in [0.4, 0.5) is 10.5 Å². The quantitative estimate of drug-likeness (QED) is 0.777. The van der Waals surface area contributed by atoms with Crippen molar-refractivity contribution in [1.29, 1.82) is 0 Å². The molecule has 0 bridgehead atoms. The average molecular weight is 395 g/mol. The molecule has 0 aromatic heterocycles. The number of hydrogen-bond acceptors (Lipinski definition) is 5. The van der Waals surface area contributed by atoms with Crippen LogP contribution in [-0.4, -0.2) is 43.4 Å². The summed E-state index contributed by atoms with van der Waals surface area (Å²) in [6.07, 6.45) is 1.83. The van der Waals surface area contributed by atoms with Crippen molar-refractivity contribution in [3.05, 3.63) is 28.8 Å². The van der Waals surface area contributed by atoms with E-state index in [0.717, 1.165) is 30.6 Å². The number of rotatable bonds is 2. The number of fused-ring (bicyclic) bond motifs is 1. The third-order valence-electron chi connectivity index (χ3n) is 5.08. The zero-order valence-corrected chi connectivity index (χ0v) is 17.0. The topological polar surface area (TPSA) is 67.9 Å². The SMILES string of the molecule is COC(=O)C1CCCNC1C1Cc2cc(Cl)ccc2N1C(=O)OC(C)(C)C. The summed E-state index contributed by atoms with van der Waals surface area (Å²) < 4.78 is 10.7. The minimum Gasteiger partial charge on any atom is -0.469 e. The number of carbonyl (C=O) groups is 2. The highest BCUT2D eigenvalue weighted by Gasteiger charge is 2.46. The van der Waals surface area contributed by atoms with Crippen molar-refractivity contribution < 1.29 is 19.1 Å². The molecule has 1 amide bonds. The highest BCUT2D eigenvalue weighted by molar-refractivity contribution is 6.30. The van der Waals surface area contributed by atoms with Crippen molar-refractivity contribution in [2.24, 2.45) is 5.92 Å². The Morgan fingerprint density at radius 3 is 2.70 bits per heavy atom. The third kappa shape index (κ3) is 4.22. The van der Waals surface area contributed by atoms with Crippen molar-refractivity contribution in [2.45, 2.75) is 57.7 Å². The summed E-state index contributed by atoms with van der Waals surface area (Å²) in [6.45, 7) is 6.33. The van der Waals surface area contributed by atoms with Crippen LogP contribution in [0.5, 0.6) is 0 Å². The van der Waals surface area contributed by atoms with Crippen molar-refractivity contribution in [2.75, 3.05) is 18.6 Å². The lowest BCUT2D eigenvalue weighted by atomic mass is 9.85. The Morgan fingerprint density at radius 2 is 2.04 bits per heavy atom. The van der Waals surface area contributed by atoms with Crippen LogP contribution in [0, 0.1) is 5.92 Å². The van der Waals surface area contributed by atoms with Crippen LogP contribution in [0.1, 0.15) is 39.2 Å². The molecule has 7 heteroatoms. The first kappa shape index (κ1) is 20.0. The smallest absolute Gasteiger partial charge is 0.415 e. The molecule has 3 atom stereocenters. The molecule has 1 fully saturated rings. The number of nitrogens with one attached hydrogen (secondary N) is 1. The maximum atomic E-state index is 13.0. The summed E-state index contributed by atoms with van der Waals surface area (Å²) >= 11 is 6.17.